The first kappa shape index (κ1) is 17.6. The molecule has 2 heterocycles. The van der Waals surface area contributed by atoms with Gasteiger partial charge in [-0.15, -0.1) is 0 Å². The first-order valence-corrected chi connectivity index (χ1v) is 7.90. The number of nitrogens with one attached hydrogen (secondary N) is 2. The molecule has 2 N–H and O–H groups in total. The fourth-order valence-corrected chi connectivity index (χ4v) is 2.62. The van der Waals surface area contributed by atoms with E-state index in [9.17, 15) is 9.18 Å². The second-order valence-corrected chi connectivity index (χ2v) is 5.23. The lowest BCUT2D eigenvalue weighted by Gasteiger charge is -2.32. The van der Waals surface area contributed by atoms with Gasteiger partial charge in [0.2, 0.25) is 0 Å². The largest absolute Gasteiger partial charge is 0.385 e. The maximum Gasteiger partial charge on any atom is 0.158 e. The van der Waals surface area contributed by atoms with Gasteiger partial charge in [-0.2, -0.15) is 0 Å². The fraction of sp³-hybridized carbons (Fsp3) is 0.588. The number of ketones is 1. The highest BCUT2D eigenvalue weighted by Crippen LogP contribution is 2.25. The van der Waals surface area contributed by atoms with Gasteiger partial charge in [0.1, 0.15) is 5.83 Å². The van der Waals surface area contributed by atoms with Crippen molar-refractivity contribution in [3.63, 3.8) is 0 Å². The van der Waals surface area contributed by atoms with Crippen LogP contribution in [0.2, 0.25) is 0 Å². The molecule has 0 aliphatic carbocycles. The van der Waals surface area contributed by atoms with Crippen LogP contribution in [0.1, 0.15) is 46.0 Å². The quantitative estimate of drug-likeness (QED) is 0.719. The van der Waals surface area contributed by atoms with Gasteiger partial charge < -0.3 is 10.6 Å². The molecule has 21 heavy (non-hydrogen) atoms. The van der Waals surface area contributed by atoms with Crippen LogP contribution in [0.25, 0.3) is 0 Å². The molecule has 1 spiro atoms. The SMILES string of the molecule is CC.O=C1/C=C/C(F)=C\C/C=C/NC2(CCCNCC2)C1. The summed E-state index contributed by atoms with van der Waals surface area (Å²) in [4.78, 5) is 12.0. The number of hydrogen-bond acceptors (Lipinski definition) is 3. The van der Waals surface area contributed by atoms with Crippen molar-refractivity contribution in [3.05, 3.63) is 36.3 Å². The van der Waals surface area contributed by atoms with E-state index >= 15 is 0 Å². The van der Waals surface area contributed by atoms with Crippen LogP contribution in [-0.2, 0) is 4.79 Å². The minimum atomic E-state index is -0.350. The maximum absolute atomic E-state index is 13.3. The standard InChI is InChI=1S/C15H21FN2O.C2H6/c16-13-4-1-2-10-18-15(12-14(19)6-5-13)7-3-9-17-11-8-15;1-2/h2,4-6,10,17-18H,1,3,7-9,11-12H2;1-2H3/b6-5+,10-2+,13-4+;. The summed E-state index contributed by atoms with van der Waals surface area (Å²) in [5.41, 5.74) is -0.192. The number of carbonyl (C=O) groups excluding carboxylic acids is 1. The van der Waals surface area contributed by atoms with Crippen LogP contribution in [0.15, 0.2) is 36.3 Å². The smallest absolute Gasteiger partial charge is 0.158 e. The zero-order chi connectivity index (χ0) is 15.6. The Bertz CT molecular complexity index is 405. The summed E-state index contributed by atoms with van der Waals surface area (Å²) in [5, 5.41) is 6.74. The van der Waals surface area contributed by atoms with Crippen LogP contribution in [0.5, 0.6) is 0 Å². The second-order valence-electron chi connectivity index (χ2n) is 5.23. The summed E-state index contributed by atoms with van der Waals surface area (Å²) in [5.74, 6) is -0.371. The number of hydrogen-bond donors (Lipinski definition) is 2. The number of allylic oxidation sites excluding steroid dienone is 5. The topological polar surface area (TPSA) is 41.1 Å². The summed E-state index contributed by atoms with van der Waals surface area (Å²) >= 11 is 0. The van der Waals surface area contributed by atoms with E-state index in [0.29, 0.717) is 12.8 Å². The molecule has 0 bridgehead atoms. The zero-order valence-electron chi connectivity index (χ0n) is 13.1. The molecule has 2 aliphatic heterocycles. The van der Waals surface area contributed by atoms with E-state index in [-0.39, 0.29) is 17.1 Å². The average Bonchev–Trinajstić information content (AvgIpc) is 2.73. The van der Waals surface area contributed by atoms with Crippen molar-refractivity contribution >= 4 is 5.78 Å². The van der Waals surface area contributed by atoms with Crippen molar-refractivity contribution in [1.29, 1.82) is 0 Å². The Hall–Kier alpha value is -1.42. The Morgan fingerprint density at radius 2 is 2.00 bits per heavy atom. The van der Waals surface area contributed by atoms with Crippen LogP contribution in [0.4, 0.5) is 4.39 Å². The molecule has 1 fully saturated rings. The third kappa shape index (κ3) is 6.25. The third-order valence-electron chi connectivity index (χ3n) is 3.69. The number of halogens is 1. The van der Waals surface area contributed by atoms with Crippen LogP contribution in [-0.4, -0.2) is 24.4 Å². The van der Waals surface area contributed by atoms with E-state index in [1.807, 2.05) is 26.1 Å². The first-order chi connectivity index (χ1) is 10.2. The summed E-state index contributed by atoms with van der Waals surface area (Å²) < 4.78 is 13.3. The van der Waals surface area contributed by atoms with E-state index in [2.05, 4.69) is 10.6 Å². The second kappa shape index (κ2) is 9.50. The molecular formula is C17H27FN2O. The Morgan fingerprint density at radius 3 is 2.81 bits per heavy atom. The highest BCUT2D eigenvalue weighted by Gasteiger charge is 2.31. The van der Waals surface area contributed by atoms with Gasteiger partial charge in [-0.05, 0) is 63.2 Å². The van der Waals surface area contributed by atoms with Crippen LogP contribution in [0.3, 0.4) is 0 Å². The molecule has 1 unspecified atom stereocenters. The molecule has 0 aromatic heterocycles. The average molecular weight is 294 g/mol. The lowest BCUT2D eigenvalue weighted by molar-refractivity contribution is -0.116. The highest BCUT2D eigenvalue weighted by molar-refractivity contribution is 5.90. The lowest BCUT2D eigenvalue weighted by atomic mass is 9.85. The van der Waals surface area contributed by atoms with Gasteiger partial charge in [0.15, 0.2) is 5.78 Å². The highest BCUT2D eigenvalue weighted by atomic mass is 19.1. The molecule has 1 saturated heterocycles. The molecule has 0 aromatic carbocycles. The molecule has 1 atom stereocenters. The normalized spacial score (nSPS) is 32.3. The molecule has 3 nitrogen and oxygen atoms in total. The molecule has 0 saturated carbocycles. The van der Waals surface area contributed by atoms with Crippen LogP contribution < -0.4 is 10.6 Å². The molecule has 118 valence electrons. The van der Waals surface area contributed by atoms with Gasteiger partial charge in [-0.1, -0.05) is 19.9 Å². The van der Waals surface area contributed by atoms with E-state index in [4.69, 9.17) is 0 Å². The molecule has 4 heteroatoms. The minimum Gasteiger partial charge on any atom is -0.385 e. The molecule has 0 radical (unpaired) electrons. The predicted octanol–water partition coefficient (Wildman–Crippen LogP) is 3.40. The van der Waals surface area contributed by atoms with Gasteiger partial charge in [0.05, 0.1) is 0 Å². The van der Waals surface area contributed by atoms with Crippen molar-refractivity contribution in [2.75, 3.05) is 13.1 Å². The van der Waals surface area contributed by atoms with E-state index in [1.165, 1.54) is 18.2 Å². The third-order valence-corrected chi connectivity index (χ3v) is 3.69. The maximum atomic E-state index is 13.3. The van der Waals surface area contributed by atoms with Crippen molar-refractivity contribution in [3.8, 4) is 0 Å². The monoisotopic (exact) mass is 294 g/mol. The molecular weight excluding hydrogens is 267 g/mol. The van der Waals surface area contributed by atoms with Gasteiger partial charge in [-0.25, -0.2) is 4.39 Å². The van der Waals surface area contributed by atoms with Gasteiger partial charge >= 0.3 is 0 Å². The van der Waals surface area contributed by atoms with Gasteiger partial charge in [0, 0.05) is 12.0 Å². The summed E-state index contributed by atoms with van der Waals surface area (Å²) in [6.07, 6.45) is 11.7. The van der Waals surface area contributed by atoms with Crippen molar-refractivity contribution < 1.29 is 9.18 Å². The van der Waals surface area contributed by atoms with Crippen LogP contribution in [0, 0.1) is 0 Å². The molecule has 0 aromatic rings. The molecule has 0 amide bonds. The lowest BCUT2D eigenvalue weighted by Crippen LogP contribution is -2.44. The van der Waals surface area contributed by atoms with E-state index < -0.39 is 0 Å². The Balaban J connectivity index is 0.00000106. The van der Waals surface area contributed by atoms with E-state index in [0.717, 1.165) is 32.4 Å². The predicted molar refractivity (Wildman–Crippen MR) is 85.6 cm³/mol. The minimum absolute atomic E-state index is 0.0201. The first-order valence-electron chi connectivity index (χ1n) is 7.90. The van der Waals surface area contributed by atoms with Crippen molar-refractivity contribution in [1.82, 2.24) is 10.6 Å². The fourth-order valence-electron chi connectivity index (χ4n) is 2.62. The Kier molecular flexibility index (Phi) is 7.98. The Labute approximate surface area is 127 Å². The summed E-state index contributed by atoms with van der Waals surface area (Å²) in [6.45, 7) is 5.90. The zero-order valence-corrected chi connectivity index (χ0v) is 13.1. The van der Waals surface area contributed by atoms with Gasteiger partial charge in [-0.3, -0.25) is 4.79 Å². The summed E-state index contributed by atoms with van der Waals surface area (Å²) in [7, 11) is 0. The molecule has 2 rings (SSSR count). The van der Waals surface area contributed by atoms with Crippen molar-refractivity contribution in [2.45, 2.75) is 51.5 Å². The number of rotatable bonds is 0. The van der Waals surface area contributed by atoms with Crippen molar-refractivity contribution in [2.24, 2.45) is 0 Å². The van der Waals surface area contributed by atoms with Gasteiger partial charge in [0.25, 0.3) is 0 Å². The van der Waals surface area contributed by atoms with E-state index in [1.54, 1.807) is 0 Å². The van der Waals surface area contributed by atoms with Crippen LogP contribution >= 0.6 is 0 Å². The molecule has 2 aliphatic rings. The Morgan fingerprint density at radius 1 is 1.19 bits per heavy atom. The summed E-state index contributed by atoms with van der Waals surface area (Å²) in [6, 6.07) is 0. The number of carbonyl (C=O) groups is 1.